The van der Waals surface area contributed by atoms with Crippen LogP contribution in [0.15, 0.2) is 48.0 Å². The molecule has 0 fully saturated rings. The van der Waals surface area contributed by atoms with E-state index >= 15 is 0 Å². The molecule has 0 aliphatic heterocycles. The number of hydrogen-bond donors (Lipinski definition) is 1. The summed E-state index contributed by atoms with van der Waals surface area (Å²) < 4.78 is 25.6. The molecule has 6 heteroatoms. The third kappa shape index (κ3) is 3.41. The van der Waals surface area contributed by atoms with E-state index in [1.54, 1.807) is 18.2 Å². The molecule has 2 heterocycles. The molecule has 21 heavy (non-hydrogen) atoms. The standard InChI is InChI=1S/C15H11F2N3S/c16-11-3-1-10(2-4-11)15-20-13(9-21-15)8-18-12-5-6-14(17)19-7-12/h1-7,9,18H,8H2. The second kappa shape index (κ2) is 5.97. The first-order valence-electron chi connectivity index (χ1n) is 6.26. The average molecular weight is 303 g/mol. The molecule has 0 spiro atoms. The maximum atomic E-state index is 12.9. The second-order valence-corrected chi connectivity index (χ2v) is 5.23. The molecular formula is C15H11F2N3S. The summed E-state index contributed by atoms with van der Waals surface area (Å²) in [5.41, 5.74) is 2.48. The summed E-state index contributed by atoms with van der Waals surface area (Å²) in [5.74, 6) is -0.770. The van der Waals surface area contributed by atoms with Gasteiger partial charge in [0.1, 0.15) is 10.8 Å². The Morgan fingerprint density at radius 3 is 2.57 bits per heavy atom. The zero-order chi connectivity index (χ0) is 14.7. The lowest BCUT2D eigenvalue weighted by molar-refractivity contribution is 0.584. The van der Waals surface area contributed by atoms with Crippen LogP contribution in [-0.4, -0.2) is 9.97 Å². The van der Waals surface area contributed by atoms with Crippen molar-refractivity contribution < 1.29 is 8.78 Å². The zero-order valence-electron chi connectivity index (χ0n) is 10.9. The number of nitrogens with one attached hydrogen (secondary N) is 1. The fourth-order valence-corrected chi connectivity index (χ4v) is 2.61. The van der Waals surface area contributed by atoms with Crippen LogP contribution in [0.5, 0.6) is 0 Å². The van der Waals surface area contributed by atoms with Crippen LogP contribution in [0.25, 0.3) is 10.6 Å². The van der Waals surface area contributed by atoms with Crippen molar-refractivity contribution in [3.05, 3.63) is 65.4 Å². The first-order valence-corrected chi connectivity index (χ1v) is 7.14. The Hall–Kier alpha value is -2.34. The highest BCUT2D eigenvalue weighted by Gasteiger charge is 2.05. The highest BCUT2D eigenvalue weighted by atomic mass is 32.1. The van der Waals surface area contributed by atoms with E-state index < -0.39 is 5.95 Å². The fourth-order valence-electron chi connectivity index (χ4n) is 1.79. The van der Waals surface area contributed by atoms with Gasteiger partial charge in [0.2, 0.25) is 5.95 Å². The molecule has 0 bridgehead atoms. The van der Waals surface area contributed by atoms with Gasteiger partial charge >= 0.3 is 0 Å². The van der Waals surface area contributed by atoms with Gasteiger partial charge in [-0.05, 0) is 36.4 Å². The molecule has 0 saturated carbocycles. The number of aromatic nitrogens is 2. The Kier molecular flexibility index (Phi) is 3.87. The van der Waals surface area contributed by atoms with Gasteiger partial charge in [-0.3, -0.25) is 0 Å². The molecule has 0 aliphatic rings. The minimum absolute atomic E-state index is 0.263. The first kappa shape index (κ1) is 13.6. The molecule has 3 nitrogen and oxygen atoms in total. The van der Waals surface area contributed by atoms with Gasteiger partial charge in [-0.25, -0.2) is 14.4 Å². The SMILES string of the molecule is Fc1ccc(-c2nc(CNc3ccc(F)nc3)cs2)cc1. The van der Waals surface area contributed by atoms with Crippen molar-refractivity contribution in [1.82, 2.24) is 9.97 Å². The summed E-state index contributed by atoms with van der Waals surface area (Å²) in [5, 5.41) is 5.89. The summed E-state index contributed by atoms with van der Waals surface area (Å²) in [6.07, 6.45) is 1.43. The molecule has 0 atom stereocenters. The normalized spacial score (nSPS) is 10.6. The van der Waals surface area contributed by atoms with E-state index in [-0.39, 0.29) is 5.82 Å². The second-order valence-electron chi connectivity index (χ2n) is 4.37. The van der Waals surface area contributed by atoms with Crippen LogP contribution < -0.4 is 5.32 Å². The zero-order valence-corrected chi connectivity index (χ0v) is 11.7. The molecule has 3 rings (SSSR count). The van der Waals surface area contributed by atoms with E-state index in [0.29, 0.717) is 6.54 Å². The average Bonchev–Trinajstić information content (AvgIpc) is 2.96. The number of hydrogen-bond acceptors (Lipinski definition) is 4. The number of pyridine rings is 1. The van der Waals surface area contributed by atoms with Crippen molar-refractivity contribution in [1.29, 1.82) is 0 Å². The van der Waals surface area contributed by atoms with Crippen LogP contribution in [-0.2, 0) is 6.54 Å². The lowest BCUT2D eigenvalue weighted by Gasteiger charge is -2.03. The first-order chi connectivity index (χ1) is 10.2. The van der Waals surface area contributed by atoms with E-state index in [4.69, 9.17) is 0 Å². The summed E-state index contributed by atoms with van der Waals surface area (Å²) >= 11 is 1.50. The molecule has 0 aliphatic carbocycles. The lowest BCUT2D eigenvalue weighted by atomic mass is 10.2. The monoisotopic (exact) mass is 303 g/mol. The van der Waals surface area contributed by atoms with Crippen molar-refractivity contribution >= 4 is 17.0 Å². The van der Waals surface area contributed by atoms with Crippen molar-refractivity contribution in [2.24, 2.45) is 0 Å². The molecule has 0 amide bonds. The highest BCUT2D eigenvalue weighted by molar-refractivity contribution is 7.13. The Bertz CT molecular complexity index is 723. The van der Waals surface area contributed by atoms with Crippen molar-refractivity contribution in [3.63, 3.8) is 0 Å². The predicted molar refractivity (Wildman–Crippen MR) is 79.0 cm³/mol. The number of anilines is 1. The number of halogens is 2. The third-order valence-electron chi connectivity index (χ3n) is 2.84. The van der Waals surface area contributed by atoms with Crippen molar-refractivity contribution in [2.75, 3.05) is 5.32 Å². The van der Waals surface area contributed by atoms with E-state index in [2.05, 4.69) is 15.3 Å². The Morgan fingerprint density at radius 1 is 1.05 bits per heavy atom. The molecule has 0 radical (unpaired) electrons. The maximum Gasteiger partial charge on any atom is 0.212 e. The molecule has 1 aromatic carbocycles. The van der Waals surface area contributed by atoms with Gasteiger partial charge in [-0.15, -0.1) is 11.3 Å². The molecule has 0 saturated heterocycles. The molecule has 0 unspecified atom stereocenters. The van der Waals surface area contributed by atoms with Gasteiger partial charge in [0, 0.05) is 10.9 Å². The van der Waals surface area contributed by atoms with Gasteiger partial charge in [0.25, 0.3) is 0 Å². The summed E-state index contributed by atoms with van der Waals surface area (Å²) in [6.45, 7) is 0.519. The van der Waals surface area contributed by atoms with E-state index in [1.165, 1.54) is 35.7 Å². The van der Waals surface area contributed by atoms with E-state index in [1.807, 2.05) is 5.38 Å². The molecule has 3 aromatic rings. The number of thiazole rings is 1. The van der Waals surface area contributed by atoms with E-state index in [0.717, 1.165) is 22.0 Å². The van der Waals surface area contributed by atoms with Crippen LogP contribution in [0.3, 0.4) is 0 Å². The minimum atomic E-state index is -0.507. The molecule has 1 N–H and O–H groups in total. The summed E-state index contributed by atoms with van der Waals surface area (Å²) in [7, 11) is 0. The van der Waals surface area contributed by atoms with Crippen LogP contribution >= 0.6 is 11.3 Å². The van der Waals surface area contributed by atoms with Crippen LogP contribution in [0.4, 0.5) is 14.5 Å². The van der Waals surface area contributed by atoms with Gasteiger partial charge in [-0.2, -0.15) is 4.39 Å². The molecule has 106 valence electrons. The smallest absolute Gasteiger partial charge is 0.212 e. The Balaban J connectivity index is 1.67. The van der Waals surface area contributed by atoms with Crippen LogP contribution in [0.1, 0.15) is 5.69 Å². The maximum absolute atomic E-state index is 12.9. The van der Waals surface area contributed by atoms with Crippen LogP contribution in [0, 0.1) is 11.8 Å². The van der Waals surface area contributed by atoms with Gasteiger partial charge < -0.3 is 5.32 Å². The predicted octanol–water partition coefficient (Wildman–Crippen LogP) is 4.10. The highest BCUT2D eigenvalue weighted by Crippen LogP contribution is 2.24. The topological polar surface area (TPSA) is 37.8 Å². The molecule has 2 aromatic heterocycles. The minimum Gasteiger partial charge on any atom is -0.378 e. The molecular weight excluding hydrogens is 292 g/mol. The van der Waals surface area contributed by atoms with E-state index in [9.17, 15) is 8.78 Å². The fraction of sp³-hybridized carbons (Fsp3) is 0.0667. The van der Waals surface area contributed by atoms with Crippen LogP contribution in [0.2, 0.25) is 0 Å². The quantitative estimate of drug-likeness (QED) is 0.738. The van der Waals surface area contributed by atoms with Crippen molar-refractivity contribution in [2.45, 2.75) is 6.54 Å². The largest absolute Gasteiger partial charge is 0.378 e. The number of rotatable bonds is 4. The Morgan fingerprint density at radius 2 is 1.86 bits per heavy atom. The summed E-state index contributed by atoms with van der Waals surface area (Å²) in [6, 6.07) is 9.16. The third-order valence-corrected chi connectivity index (χ3v) is 3.78. The van der Waals surface area contributed by atoms with Gasteiger partial charge in [0.15, 0.2) is 0 Å². The van der Waals surface area contributed by atoms with Gasteiger partial charge in [-0.1, -0.05) is 0 Å². The summed E-state index contributed by atoms with van der Waals surface area (Å²) in [4.78, 5) is 8.05. The number of benzene rings is 1. The lowest BCUT2D eigenvalue weighted by Crippen LogP contribution is -2.00. The van der Waals surface area contributed by atoms with Gasteiger partial charge in [0.05, 0.1) is 24.1 Å². The number of nitrogens with zero attached hydrogens (tertiary/aromatic N) is 2. The Labute approximate surface area is 124 Å². The van der Waals surface area contributed by atoms with Crippen molar-refractivity contribution in [3.8, 4) is 10.6 Å².